The Morgan fingerprint density at radius 1 is 1.56 bits per heavy atom. The van der Waals surface area contributed by atoms with Crippen LogP contribution in [-0.4, -0.2) is 30.6 Å². The molecule has 0 amide bonds. The molecule has 0 saturated carbocycles. The highest BCUT2D eigenvalue weighted by molar-refractivity contribution is 7.80. The molecule has 0 bridgehead atoms. The summed E-state index contributed by atoms with van der Waals surface area (Å²) in [6.45, 7) is 0. The minimum Gasteiger partial charge on any atom is -0.504 e. The summed E-state index contributed by atoms with van der Waals surface area (Å²) >= 11 is 4.86. The van der Waals surface area contributed by atoms with Gasteiger partial charge in [-0.3, -0.25) is 0 Å². The molecular formula is C10H14N3O2S+. The topological polar surface area (TPSA) is 67.5 Å². The van der Waals surface area contributed by atoms with E-state index < -0.39 is 0 Å². The normalized spacial score (nSPS) is 10.1. The molecule has 0 saturated heterocycles. The van der Waals surface area contributed by atoms with Crippen molar-refractivity contribution in [2.75, 3.05) is 14.2 Å². The van der Waals surface area contributed by atoms with Crippen molar-refractivity contribution in [3.05, 3.63) is 23.8 Å². The summed E-state index contributed by atoms with van der Waals surface area (Å²) in [4.78, 5) is 0. The fraction of sp³-hybridized carbons (Fsp3) is 0.200. The van der Waals surface area contributed by atoms with E-state index in [1.54, 1.807) is 31.5 Å². The average Bonchev–Trinajstić information content (AvgIpc) is 2.31. The van der Waals surface area contributed by atoms with Crippen LogP contribution in [0.4, 0.5) is 0 Å². The van der Waals surface area contributed by atoms with Crippen LogP contribution in [0.25, 0.3) is 0 Å². The summed E-state index contributed by atoms with van der Waals surface area (Å²) in [5.41, 5.74) is 3.31. The van der Waals surface area contributed by atoms with Gasteiger partial charge in [-0.05, 0) is 24.4 Å². The molecule has 86 valence electrons. The smallest absolute Gasteiger partial charge is 0.223 e. The Labute approximate surface area is 99.1 Å². The quantitative estimate of drug-likeness (QED) is 0.307. The molecule has 0 aliphatic rings. The van der Waals surface area contributed by atoms with Crippen molar-refractivity contribution in [2.24, 2.45) is 0 Å². The standard InChI is InChI=1S/C10H13N3O2S/c1-11-10(16)13-12-6-7-4-3-5-8(15-2)9(7)14/h3-6,14H,1-2H3,(H2,11,13,16)/p+1/b12-6+. The number of thiocarbonyl (C=S) groups is 1. The maximum absolute atomic E-state index is 9.74. The maximum atomic E-state index is 9.74. The van der Waals surface area contributed by atoms with Gasteiger partial charge in [0.25, 0.3) is 0 Å². The number of hydrogen-bond acceptors (Lipinski definition) is 3. The molecule has 0 heterocycles. The van der Waals surface area contributed by atoms with E-state index in [-0.39, 0.29) is 5.75 Å². The molecule has 0 spiro atoms. The number of ether oxygens (including phenoxy) is 1. The van der Waals surface area contributed by atoms with Gasteiger partial charge >= 0.3 is 0 Å². The van der Waals surface area contributed by atoms with Gasteiger partial charge in [-0.25, -0.2) is 0 Å². The zero-order valence-electron chi connectivity index (χ0n) is 9.07. The van der Waals surface area contributed by atoms with Crippen LogP contribution in [0.2, 0.25) is 0 Å². The minimum absolute atomic E-state index is 0.0784. The molecule has 6 heteroatoms. The van der Waals surface area contributed by atoms with Gasteiger partial charge in [-0.2, -0.15) is 0 Å². The van der Waals surface area contributed by atoms with Crippen molar-refractivity contribution in [1.82, 2.24) is 10.7 Å². The molecule has 0 unspecified atom stereocenters. The summed E-state index contributed by atoms with van der Waals surface area (Å²) < 4.78 is 4.98. The van der Waals surface area contributed by atoms with E-state index in [1.807, 2.05) is 0 Å². The first kappa shape index (κ1) is 12.3. The van der Waals surface area contributed by atoms with Crippen LogP contribution in [-0.2, 0) is 0 Å². The van der Waals surface area contributed by atoms with Crippen LogP contribution >= 0.6 is 12.2 Å². The number of rotatable bonds is 3. The monoisotopic (exact) mass is 240 g/mol. The molecular weight excluding hydrogens is 226 g/mol. The van der Waals surface area contributed by atoms with E-state index in [0.29, 0.717) is 16.4 Å². The van der Waals surface area contributed by atoms with Crippen molar-refractivity contribution in [1.29, 1.82) is 0 Å². The Hall–Kier alpha value is -1.82. The van der Waals surface area contributed by atoms with Crippen molar-refractivity contribution in [2.45, 2.75) is 0 Å². The van der Waals surface area contributed by atoms with E-state index in [2.05, 4.69) is 15.8 Å². The van der Waals surface area contributed by atoms with E-state index >= 15 is 0 Å². The maximum Gasteiger partial charge on any atom is 0.223 e. The van der Waals surface area contributed by atoms with E-state index in [4.69, 9.17) is 17.0 Å². The second kappa shape index (κ2) is 5.92. The van der Waals surface area contributed by atoms with Gasteiger partial charge in [0, 0.05) is 7.05 Å². The highest BCUT2D eigenvalue weighted by Gasteiger charge is 2.06. The fourth-order valence-electron chi connectivity index (χ4n) is 1.06. The molecule has 1 aromatic rings. The van der Waals surface area contributed by atoms with Crippen LogP contribution in [0.3, 0.4) is 0 Å². The van der Waals surface area contributed by atoms with Crippen LogP contribution in [0.1, 0.15) is 5.56 Å². The molecule has 0 aliphatic carbocycles. The number of phenolic OH excluding ortho intramolecular Hbond substituents is 1. The second-order valence-corrected chi connectivity index (χ2v) is 3.30. The molecule has 0 aliphatic heterocycles. The molecule has 16 heavy (non-hydrogen) atoms. The zero-order valence-corrected chi connectivity index (χ0v) is 9.89. The fourth-order valence-corrected chi connectivity index (χ4v) is 1.12. The summed E-state index contributed by atoms with van der Waals surface area (Å²) in [5.74, 6) is 0.501. The lowest BCUT2D eigenvalue weighted by Crippen LogP contribution is -2.82. The first-order chi connectivity index (χ1) is 7.69. The average molecular weight is 240 g/mol. The summed E-state index contributed by atoms with van der Waals surface area (Å²) in [7, 11) is 3.21. The highest BCUT2D eigenvalue weighted by atomic mass is 32.1. The summed E-state index contributed by atoms with van der Waals surface area (Å²) in [5, 5.41) is 15.7. The van der Waals surface area contributed by atoms with Gasteiger partial charge in [-0.15, -0.1) is 10.5 Å². The second-order valence-electron chi connectivity index (χ2n) is 2.89. The number of hydrazone groups is 1. The third-order valence-electron chi connectivity index (χ3n) is 1.89. The number of para-hydroxylation sites is 1. The third-order valence-corrected chi connectivity index (χ3v) is 2.20. The van der Waals surface area contributed by atoms with Crippen molar-refractivity contribution >= 4 is 23.5 Å². The summed E-state index contributed by atoms with van der Waals surface area (Å²) in [6, 6.07) is 5.20. The third kappa shape index (κ3) is 3.09. The Kier molecular flexibility index (Phi) is 4.53. The van der Waals surface area contributed by atoms with Gasteiger partial charge in [0.2, 0.25) is 11.3 Å². The minimum atomic E-state index is 0.0784. The first-order valence-corrected chi connectivity index (χ1v) is 5.02. The van der Waals surface area contributed by atoms with Gasteiger partial charge in [-0.1, -0.05) is 6.07 Å². The van der Waals surface area contributed by atoms with Crippen molar-refractivity contribution < 1.29 is 14.9 Å². The first-order valence-electron chi connectivity index (χ1n) is 4.61. The van der Waals surface area contributed by atoms with E-state index in [0.717, 1.165) is 0 Å². The van der Waals surface area contributed by atoms with Crippen LogP contribution in [0.5, 0.6) is 11.5 Å². The molecule has 1 aromatic carbocycles. The van der Waals surface area contributed by atoms with Crippen LogP contribution in [0, 0.1) is 0 Å². The van der Waals surface area contributed by atoms with Gasteiger partial charge in [0.05, 0.1) is 12.7 Å². The Bertz CT molecular complexity index is 407. The molecule has 0 fully saturated rings. The Morgan fingerprint density at radius 2 is 2.31 bits per heavy atom. The number of hydrogen-bond donors (Lipinski definition) is 4. The number of phenols is 1. The van der Waals surface area contributed by atoms with Crippen molar-refractivity contribution in [3.63, 3.8) is 0 Å². The molecule has 0 aromatic heterocycles. The summed E-state index contributed by atoms with van der Waals surface area (Å²) in [6.07, 6.45) is 1.58. The molecule has 5 nitrogen and oxygen atoms in total. The van der Waals surface area contributed by atoms with Gasteiger partial charge in [0.1, 0.15) is 0 Å². The van der Waals surface area contributed by atoms with Gasteiger partial charge in [0.15, 0.2) is 11.5 Å². The van der Waals surface area contributed by atoms with E-state index in [1.165, 1.54) is 7.11 Å². The zero-order chi connectivity index (χ0) is 12.0. The predicted octanol–water partition coefficient (Wildman–Crippen LogP) is -1.09. The molecule has 4 N–H and O–H groups in total. The molecule has 1 rings (SSSR count). The number of hydrazine groups is 1. The Balaban J connectivity index is 2.77. The number of methoxy groups -OCH3 is 1. The Morgan fingerprint density at radius 3 is 2.94 bits per heavy atom. The van der Waals surface area contributed by atoms with Crippen LogP contribution in [0.15, 0.2) is 18.2 Å². The molecule has 0 atom stereocenters. The lowest BCUT2D eigenvalue weighted by atomic mass is 10.2. The molecule has 0 radical (unpaired) electrons. The predicted molar refractivity (Wildman–Crippen MR) is 65.6 cm³/mol. The SMILES string of the molecule is CNC(=S)N/[NH+]=C/c1cccc(OC)c1O. The lowest BCUT2D eigenvalue weighted by Gasteiger charge is -2.03. The van der Waals surface area contributed by atoms with Crippen LogP contribution < -0.4 is 20.6 Å². The highest BCUT2D eigenvalue weighted by Crippen LogP contribution is 2.27. The largest absolute Gasteiger partial charge is 0.504 e. The lowest BCUT2D eigenvalue weighted by molar-refractivity contribution is -0.500. The van der Waals surface area contributed by atoms with Gasteiger partial charge < -0.3 is 15.2 Å². The van der Waals surface area contributed by atoms with Crippen molar-refractivity contribution in [3.8, 4) is 11.5 Å². The number of nitrogens with one attached hydrogen (secondary N) is 3. The van der Waals surface area contributed by atoms with E-state index in [9.17, 15) is 5.11 Å². The number of aromatic hydroxyl groups is 1. The number of benzene rings is 1.